The highest BCUT2D eigenvalue weighted by atomic mass is 32.2. The summed E-state index contributed by atoms with van der Waals surface area (Å²) >= 11 is 4.01. The van der Waals surface area contributed by atoms with E-state index < -0.39 is 29.2 Å². The summed E-state index contributed by atoms with van der Waals surface area (Å²) in [5, 5.41) is 19.4. The van der Waals surface area contributed by atoms with Gasteiger partial charge in [-0.05, 0) is 6.08 Å². The van der Waals surface area contributed by atoms with E-state index in [1.807, 2.05) is 0 Å². The molecule has 2 aliphatic heterocycles. The van der Waals surface area contributed by atoms with Gasteiger partial charge in [0.1, 0.15) is 29.4 Å². The number of rotatable bonds is 12. The van der Waals surface area contributed by atoms with Crippen molar-refractivity contribution in [2.45, 2.75) is 11.4 Å². The predicted octanol–water partition coefficient (Wildman–Crippen LogP) is 0.720. The first-order chi connectivity index (χ1) is 15.5. The van der Waals surface area contributed by atoms with E-state index in [9.17, 15) is 24.3 Å². The molecule has 14 heteroatoms. The number of aliphatic carboxylic acids is 1. The Morgan fingerprint density at radius 1 is 1.50 bits per heavy atom. The number of nitrogens with zero attached hydrogens (tertiary/aromatic N) is 3. The number of carbonyl (C=O) groups excluding carboxylic acids is 3. The summed E-state index contributed by atoms with van der Waals surface area (Å²) in [5.41, 5.74) is -0.0841. The van der Waals surface area contributed by atoms with Crippen LogP contribution in [0.15, 0.2) is 35.0 Å². The van der Waals surface area contributed by atoms with Gasteiger partial charge in [-0.25, -0.2) is 9.78 Å². The van der Waals surface area contributed by atoms with Crippen LogP contribution in [0.1, 0.15) is 5.69 Å². The third kappa shape index (κ3) is 5.31. The zero-order chi connectivity index (χ0) is 23.1. The highest BCUT2D eigenvalue weighted by Crippen LogP contribution is 2.37. The number of carboxylic acids is 1. The maximum atomic E-state index is 12.9. The molecule has 32 heavy (non-hydrogen) atoms. The third-order valence-electron chi connectivity index (χ3n) is 4.21. The topological polar surface area (TPSA) is 150 Å². The summed E-state index contributed by atoms with van der Waals surface area (Å²) in [7, 11) is 0. The number of thiazole rings is 1. The molecule has 1 aromatic rings. The number of β-lactam (4-membered cyclic amide) rings is 1. The summed E-state index contributed by atoms with van der Waals surface area (Å²) in [6, 6.07) is -0.907. The first-order valence-corrected chi connectivity index (χ1v) is 12.3. The van der Waals surface area contributed by atoms with E-state index >= 15 is 0 Å². The normalized spacial score (nSPS) is 19.9. The first kappa shape index (κ1) is 23.8. The highest BCUT2D eigenvalue weighted by molar-refractivity contribution is 8.00. The van der Waals surface area contributed by atoms with Gasteiger partial charge in [0.05, 0.1) is 0 Å². The molecule has 0 aromatic carbocycles. The molecule has 0 radical (unpaired) electrons. The van der Waals surface area contributed by atoms with E-state index in [2.05, 4.69) is 27.4 Å². The Morgan fingerprint density at radius 2 is 2.31 bits per heavy atom. The van der Waals surface area contributed by atoms with Crippen molar-refractivity contribution in [2.24, 2.45) is 5.16 Å². The molecule has 3 amide bonds. The van der Waals surface area contributed by atoms with Crippen LogP contribution in [0.4, 0.5) is 5.13 Å². The number of fused-ring (bicyclic) bond motifs is 1. The van der Waals surface area contributed by atoms with Crippen LogP contribution < -0.4 is 10.6 Å². The van der Waals surface area contributed by atoms with Gasteiger partial charge in [0.2, 0.25) is 6.41 Å². The Kier molecular flexibility index (Phi) is 8.30. The van der Waals surface area contributed by atoms with E-state index in [0.29, 0.717) is 17.9 Å². The fourth-order valence-electron chi connectivity index (χ4n) is 2.82. The molecule has 170 valence electrons. The van der Waals surface area contributed by atoms with Crippen molar-refractivity contribution in [3.05, 3.63) is 35.5 Å². The van der Waals surface area contributed by atoms with Crippen LogP contribution in [0.3, 0.4) is 0 Å². The molecule has 1 aromatic heterocycles. The summed E-state index contributed by atoms with van der Waals surface area (Å²) in [6.45, 7) is 3.86. The van der Waals surface area contributed by atoms with Crippen LogP contribution in [-0.2, 0) is 24.0 Å². The van der Waals surface area contributed by atoms with Crippen molar-refractivity contribution in [1.29, 1.82) is 0 Å². The number of carbonyl (C=O) groups is 4. The molecule has 3 N–H and O–H groups in total. The van der Waals surface area contributed by atoms with Crippen molar-refractivity contribution < 1.29 is 29.1 Å². The molecular formula is C18H19N5O6S3. The first-order valence-electron chi connectivity index (χ1n) is 9.21. The summed E-state index contributed by atoms with van der Waals surface area (Å²) in [6.07, 6.45) is 3.68. The Bertz CT molecular complexity index is 978. The lowest BCUT2D eigenvalue weighted by atomic mass is 10.0. The minimum Gasteiger partial charge on any atom is -0.477 e. The number of thioether (sulfide) groups is 2. The smallest absolute Gasteiger partial charge is 0.352 e. The minimum atomic E-state index is -1.20. The Labute approximate surface area is 195 Å². The molecular weight excluding hydrogens is 478 g/mol. The lowest BCUT2D eigenvalue weighted by molar-refractivity contribution is -0.150. The molecule has 3 rings (SSSR count). The van der Waals surface area contributed by atoms with E-state index in [1.54, 1.807) is 17.8 Å². The Hall–Kier alpha value is -2.84. The molecule has 1 fully saturated rings. The third-order valence-corrected chi connectivity index (χ3v) is 7.09. The van der Waals surface area contributed by atoms with Gasteiger partial charge in [0, 0.05) is 22.6 Å². The van der Waals surface area contributed by atoms with E-state index in [-0.39, 0.29) is 28.8 Å². The number of anilines is 1. The average molecular weight is 498 g/mol. The molecule has 1 unspecified atom stereocenters. The van der Waals surface area contributed by atoms with Crippen LogP contribution in [0.25, 0.3) is 0 Å². The second kappa shape index (κ2) is 11.2. The van der Waals surface area contributed by atoms with Crippen LogP contribution in [0.2, 0.25) is 0 Å². The van der Waals surface area contributed by atoms with Crippen molar-refractivity contribution in [3.8, 4) is 0 Å². The number of hydrogen-bond donors (Lipinski definition) is 3. The van der Waals surface area contributed by atoms with Gasteiger partial charge in [0.15, 0.2) is 10.8 Å². The van der Waals surface area contributed by atoms with Crippen LogP contribution in [0.5, 0.6) is 0 Å². The molecule has 0 spiro atoms. The maximum Gasteiger partial charge on any atom is 0.352 e. The number of carboxylic acid groups (broad SMARTS) is 1. The number of nitrogens with one attached hydrogen (secondary N) is 2. The van der Waals surface area contributed by atoms with Crippen molar-refractivity contribution in [1.82, 2.24) is 15.2 Å². The number of aromatic nitrogens is 1. The number of oxime groups is 1. The molecule has 2 aliphatic rings. The number of amides is 3. The SMILES string of the molecule is C=CCSCCO/N=C(\C(=O)NC1C(=O)N2C(C(=O)O)=CCS[C@H]12)c1csc(NC=O)n1. The summed E-state index contributed by atoms with van der Waals surface area (Å²) in [4.78, 5) is 58.0. The standard InChI is InChI=1S/C18H19N5O6S3/c1-2-5-30-7-4-29-22-12(10-8-32-18(20-10)19-9-24)14(25)21-13-15(26)23-11(17(27)28)3-6-31-16(13)23/h2-3,8-9,13,16H,1,4-7H2,(H,21,25)(H,27,28)(H,19,20,24)/b22-12-/t13?,16-/m1/s1. The van der Waals surface area contributed by atoms with Crippen molar-refractivity contribution in [2.75, 3.05) is 29.2 Å². The molecule has 0 bridgehead atoms. The van der Waals surface area contributed by atoms with Gasteiger partial charge >= 0.3 is 5.97 Å². The van der Waals surface area contributed by atoms with Gasteiger partial charge in [-0.2, -0.15) is 11.8 Å². The van der Waals surface area contributed by atoms with Crippen LogP contribution >= 0.6 is 34.9 Å². The lowest BCUT2D eigenvalue weighted by Gasteiger charge is -2.48. The van der Waals surface area contributed by atoms with Crippen LogP contribution in [0, 0.1) is 0 Å². The van der Waals surface area contributed by atoms with E-state index in [0.717, 1.165) is 22.0 Å². The van der Waals surface area contributed by atoms with Gasteiger partial charge in [-0.1, -0.05) is 11.2 Å². The number of hydrogen-bond acceptors (Lipinski definition) is 10. The van der Waals surface area contributed by atoms with Gasteiger partial charge in [0.25, 0.3) is 11.8 Å². The summed E-state index contributed by atoms with van der Waals surface area (Å²) in [5.74, 6) is -0.640. The van der Waals surface area contributed by atoms with E-state index in [4.69, 9.17) is 4.84 Å². The largest absolute Gasteiger partial charge is 0.477 e. The average Bonchev–Trinajstić information content (AvgIpc) is 3.24. The molecule has 11 nitrogen and oxygen atoms in total. The second-order valence-electron chi connectivity index (χ2n) is 6.21. The quantitative estimate of drug-likeness (QED) is 0.0948. The predicted molar refractivity (Wildman–Crippen MR) is 123 cm³/mol. The Balaban J connectivity index is 1.71. The highest BCUT2D eigenvalue weighted by Gasteiger charge is 2.53. The molecule has 0 saturated carbocycles. The zero-order valence-corrected chi connectivity index (χ0v) is 19.0. The zero-order valence-electron chi connectivity index (χ0n) is 16.6. The fourth-order valence-corrected chi connectivity index (χ4v) is 5.20. The van der Waals surface area contributed by atoms with Gasteiger partial charge < -0.3 is 20.6 Å². The van der Waals surface area contributed by atoms with Gasteiger partial charge in [-0.3, -0.25) is 19.3 Å². The molecule has 0 aliphatic carbocycles. The maximum absolute atomic E-state index is 12.9. The molecule has 2 atom stereocenters. The summed E-state index contributed by atoms with van der Waals surface area (Å²) < 4.78 is 0. The molecule has 1 saturated heterocycles. The Morgan fingerprint density at radius 3 is 3.03 bits per heavy atom. The second-order valence-corrected chi connectivity index (χ2v) is 9.37. The monoisotopic (exact) mass is 497 g/mol. The van der Waals surface area contributed by atoms with E-state index in [1.165, 1.54) is 23.2 Å². The van der Waals surface area contributed by atoms with Crippen molar-refractivity contribution >= 4 is 69.9 Å². The van der Waals surface area contributed by atoms with Crippen molar-refractivity contribution in [3.63, 3.8) is 0 Å². The fraction of sp³-hybridized carbons (Fsp3) is 0.333. The van der Waals surface area contributed by atoms with Gasteiger partial charge in [-0.15, -0.1) is 29.7 Å². The minimum absolute atomic E-state index is 0.0948. The van der Waals surface area contributed by atoms with Crippen LogP contribution in [-0.4, -0.2) is 80.2 Å². The lowest BCUT2D eigenvalue weighted by Crippen LogP contribution is -2.70. The molecule has 3 heterocycles.